The summed E-state index contributed by atoms with van der Waals surface area (Å²) < 4.78 is 67.5. The molecule has 4 rings (SSSR count). The van der Waals surface area contributed by atoms with E-state index in [9.17, 15) is 27.1 Å². The van der Waals surface area contributed by atoms with E-state index in [1.54, 1.807) is 18.0 Å². The van der Waals surface area contributed by atoms with Gasteiger partial charge in [0.15, 0.2) is 0 Å². The lowest BCUT2D eigenvalue weighted by atomic mass is 9.62. The van der Waals surface area contributed by atoms with Gasteiger partial charge in [-0.1, -0.05) is 19.1 Å². The number of rotatable bonds is 7. The van der Waals surface area contributed by atoms with Crippen LogP contribution in [0.3, 0.4) is 0 Å². The molecule has 2 aromatic rings. The van der Waals surface area contributed by atoms with Crippen molar-refractivity contribution in [2.75, 3.05) is 37.6 Å². The third kappa shape index (κ3) is 4.77. The lowest BCUT2D eigenvalue weighted by Gasteiger charge is -2.56. The van der Waals surface area contributed by atoms with E-state index >= 15 is 0 Å². The summed E-state index contributed by atoms with van der Waals surface area (Å²) in [5.41, 5.74) is -0.870. The van der Waals surface area contributed by atoms with E-state index in [4.69, 9.17) is 0 Å². The summed E-state index contributed by atoms with van der Waals surface area (Å²) in [6, 6.07) is 6.88. The molecule has 33 heavy (non-hydrogen) atoms. The highest BCUT2D eigenvalue weighted by atomic mass is 19.4. The summed E-state index contributed by atoms with van der Waals surface area (Å²) >= 11 is 0. The number of nitrogens with zero attached hydrogens (tertiary/aromatic N) is 3. The summed E-state index contributed by atoms with van der Waals surface area (Å²) in [6.45, 7) is 3.51. The Morgan fingerprint density at radius 1 is 1.06 bits per heavy atom. The Kier molecular flexibility index (Phi) is 6.26. The first-order valence-corrected chi connectivity index (χ1v) is 10.8. The number of anilines is 1. The maximum Gasteiger partial charge on any atom is 0.573 e. The highest BCUT2D eigenvalue weighted by Crippen LogP contribution is 2.51. The van der Waals surface area contributed by atoms with Crippen LogP contribution in [0.1, 0.15) is 30.9 Å². The molecule has 1 N–H and O–H groups in total. The molecule has 0 spiro atoms. The van der Waals surface area contributed by atoms with Gasteiger partial charge in [-0.3, -0.25) is 9.88 Å². The van der Waals surface area contributed by atoms with Crippen LogP contribution in [-0.2, 0) is 5.60 Å². The van der Waals surface area contributed by atoms with E-state index in [-0.39, 0.29) is 13.1 Å². The predicted molar refractivity (Wildman–Crippen MR) is 112 cm³/mol. The molecule has 0 bridgehead atoms. The molecule has 1 aromatic carbocycles. The van der Waals surface area contributed by atoms with Gasteiger partial charge < -0.3 is 14.7 Å². The highest BCUT2D eigenvalue weighted by molar-refractivity contribution is 5.51. The SMILES string of the molecule is CC1(C(O)(c2ccc(OC(F)(F)F)cc2)c2cncc(N3CCCC3)c2)CN(CC(F)F)C1. The van der Waals surface area contributed by atoms with Crippen LogP contribution < -0.4 is 9.64 Å². The predicted octanol–water partition coefficient (Wildman–Crippen LogP) is 4.40. The van der Waals surface area contributed by atoms with Crippen molar-refractivity contribution >= 4 is 5.69 Å². The molecule has 1 atom stereocenters. The van der Waals surface area contributed by atoms with Crippen LogP contribution in [0, 0.1) is 5.41 Å². The molecular formula is C23H26F5N3O2. The van der Waals surface area contributed by atoms with E-state index in [0.29, 0.717) is 11.1 Å². The fourth-order valence-corrected chi connectivity index (χ4v) is 5.03. The van der Waals surface area contributed by atoms with Crippen molar-refractivity contribution < 1.29 is 31.8 Å². The van der Waals surface area contributed by atoms with Crippen LogP contribution in [0.4, 0.5) is 27.6 Å². The zero-order chi connectivity index (χ0) is 23.9. The van der Waals surface area contributed by atoms with Gasteiger partial charge in [-0.25, -0.2) is 8.78 Å². The van der Waals surface area contributed by atoms with Crippen LogP contribution in [0.15, 0.2) is 42.7 Å². The first kappa shape index (κ1) is 23.7. The van der Waals surface area contributed by atoms with Crippen LogP contribution in [0.25, 0.3) is 0 Å². The van der Waals surface area contributed by atoms with E-state index in [0.717, 1.165) is 43.8 Å². The Hall–Kier alpha value is -2.46. The molecular weight excluding hydrogens is 445 g/mol. The Balaban J connectivity index is 1.71. The Bertz CT molecular complexity index is 957. The van der Waals surface area contributed by atoms with E-state index < -0.39 is 36.1 Å². The number of ether oxygens (including phenoxy) is 1. The molecule has 0 saturated carbocycles. The van der Waals surface area contributed by atoms with Crippen LogP contribution in [0.5, 0.6) is 5.75 Å². The van der Waals surface area contributed by atoms with Crippen molar-refractivity contribution in [3.05, 3.63) is 53.9 Å². The Morgan fingerprint density at radius 2 is 1.70 bits per heavy atom. The molecule has 2 aliphatic heterocycles. The van der Waals surface area contributed by atoms with E-state index in [2.05, 4.69) is 14.6 Å². The first-order valence-electron chi connectivity index (χ1n) is 10.8. The number of halogens is 5. The largest absolute Gasteiger partial charge is 0.573 e. The fourth-order valence-electron chi connectivity index (χ4n) is 5.03. The summed E-state index contributed by atoms with van der Waals surface area (Å²) in [4.78, 5) is 8.02. The number of aromatic nitrogens is 1. The Morgan fingerprint density at radius 3 is 2.27 bits per heavy atom. The number of likely N-dealkylation sites (tertiary alicyclic amines) is 1. The molecule has 180 valence electrons. The fraction of sp³-hybridized carbons (Fsp3) is 0.522. The van der Waals surface area contributed by atoms with Crippen molar-refractivity contribution in [3.8, 4) is 5.75 Å². The van der Waals surface area contributed by atoms with Crippen molar-refractivity contribution in [2.45, 2.75) is 38.2 Å². The third-order valence-corrected chi connectivity index (χ3v) is 6.53. The molecule has 3 heterocycles. The van der Waals surface area contributed by atoms with Crippen LogP contribution >= 0.6 is 0 Å². The second kappa shape index (κ2) is 8.72. The molecule has 5 nitrogen and oxygen atoms in total. The maximum atomic E-state index is 12.9. The number of pyridine rings is 1. The van der Waals surface area contributed by atoms with Gasteiger partial charge in [0.25, 0.3) is 6.43 Å². The summed E-state index contributed by atoms with van der Waals surface area (Å²) in [5, 5.41) is 12.1. The molecule has 2 saturated heterocycles. The number of alkyl halides is 5. The Labute approximate surface area is 188 Å². The molecule has 1 unspecified atom stereocenters. The standard InChI is InChI=1S/C23H26F5N3O2/c1-21(14-30(15-21)13-20(24)25)22(32,16-4-6-19(7-5-16)33-23(26,27)28)17-10-18(12-29-11-17)31-8-2-3-9-31/h4-7,10-12,20,32H,2-3,8-9,13-15H2,1H3. The molecule has 0 aliphatic carbocycles. The van der Waals surface area contributed by atoms with Gasteiger partial charge in [0.1, 0.15) is 11.4 Å². The average Bonchev–Trinajstić information content (AvgIpc) is 3.26. The van der Waals surface area contributed by atoms with Gasteiger partial charge in [0.2, 0.25) is 0 Å². The molecule has 10 heteroatoms. The van der Waals surface area contributed by atoms with Crippen molar-refractivity contribution in [3.63, 3.8) is 0 Å². The quantitative estimate of drug-likeness (QED) is 0.607. The van der Waals surface area contributed by atoms with Gasteiger partial charge in [-0.05, 0) is 36.6 Å². The average molecular weight is 471 g/mol. The summed E-state index contributed by atoms with van der Waals surface area (Å²) in [7, 11) is 0. The molecule has 0 amide bonds. The zero-order valence-corrected chi connectivity index (χ0v) is 18.2. The minimum absolute atomic E-state index is 0.197. The summed E-state index contributed by atoms with van der Waals surface area (Å²) in [5.74, 6) is -0.407. The third-order valence-electron chi connectivity index (χ3n) is 6.53. The van der Waals surface area contributed by atoms with Crippen molar-refractivity contribution in [2.24, 2.45) is 5.41 Å². The molecule has 0 radical (unpaired) electrons. The van der Waals surface area contributed by atoms with Crippen molar-refractivity contribution in [1.29, 1.82) is 0 Å². The second-order valence-electron chi connectivity index (χ2n) is 9.03. The monoisotopic (exact) mass is 471 g/mol. The number of benzene rings is 1. The molecule has 2 fully saturated rings. The lowest BCUT2D eigenvalue weighted by Crippen LogP contribution is -2.65. The molecule has 2 aliphatic rings. The number of hydrogen-bond donors (Lipinski definition) is 1. The minimum atomic E-state index is -4.83. The van der Waals surface area contributed by atoms with Crippen molar-refractivity contribution in [1.82, 2.24) is 9.88 Å². The minimum Gasteiger partial charge on any atom is -0.406 e. The first-order chi connectivity index (χ1) is 15.5. The van der Waals surface area contributed by atoms with Gasteiger partial charge in [-0.15, -0.1) is 13.2 Å². The highest BCUT2D eigenvalue weighted by Gasteiger charge is 2.56. The topological polar surface area (TPSA) is 48.8 Å². The number of aliphatic hydroxyl groups is 1. The maximum absolute atomic E-state index is 12.9. The second-order valence-corrected chi connectivity index (χ2v) is 9.03. The van der Waals surface area contributed by atoms with E-state index in [1.807, 2.05) is 6.07 Å². The van der Waals surface area contributed by atoms with Gasteiger partial charge in [0.05, 0.1) is 18.4 Å². The smallest absolute Gasteiger partial charge is 0.406 e. The number of hydrogen-bond acceptors (Lipinski definition) is 5. The van der Waals surface area contributed by atoms with Gasteiger partial charge in [-0.2, -0.15) is 0 Å². The van der Waals surface area contributed by atoms with Crippen LogP contribution in [0.2, 0.25) is 0 Å². The lowest BCUT2D eigenvalue weighted by molar-refractivity contribution is -0.274. The van der Waals surface area contributed by atoms with Crippen LogP contribution in [-0.4, -0.2) is 60.5 Å². The van der Waals surface area contributed by atoms with E-state index in [1.165, 1.54) is 18.3 Å². The molecule has 1 aromatic heterocycles. The zero-order valence-electron chi connectivity index (χ0n) is 18.2. The van der Waals surface area contributed by atoms with Gasteiger partial charge in [0, 0.05) is 43.4 Å². The summed E-state index contributed by atoms with van der Waals surface area (Å²) in [6.07, 6.45) is -1.99. The normalized spacial score (nSPS) is 20.5. The van der Waals surface area contributed by atoms with Gasteiger partial charge >= 0.3 is 6.36 Å².